The highest BCUT2D eigenvalue weighted by Crippen LogP contribution is 2.23. The summed E-state index contributed by atoms with van der Waals surface area (Å²) in [6.45, 7) is 0.0427. The van der Waals surface area contributed by atoms with E-state index in [9.17, 15) is 18.0 Å². The Kier molecular flexibility index (Phi) is 7.54. The lowest BCUT2D eigenvalue weighted by Gasteiger charge is -2.34. The zero-order chi connectivity index (χ0) is 19.9. The van der Waals surface area contributed by atoms with Gasteiger partial charge < -0.3 is 25.2 Å². The SMILES string of the molecule is COc1ccc(S(=O)(=O)N2CCCO[C@H]2CNC(=O)C(=O)NCCO)cc1. The molecule has 10 nitrogen and oxygen atoms in total. The van der Waals surface area contributed by atoms with E-state index in [1.165, 1.54) is 19.2 Å². The average molecular weight is 401 g/mol. The van der Waals surface area contributed by atoms with Crippen molar-refractivity contribution >= 4 is 21.8 Å². The van der Waals surface area contributed by atoms with Gasteiger partial charge in [0.15, 0.2) is 0 Å². The molecule has 2 rings (SSSR count). The van der Waals surface area contributed by atoms with Gasteiger partial charge in [0.2, 0.25) is 10.0 Å². The number of nitrogens with zero attached hydrogens (tertiary/aromatic N) is 1. The smallest absolute Gasteiger partial charge is 0.309 e. The molecule has 1 atom stereocenters. The predicted molar refractivity (Wildman–Crippen MR) is 94.3 cm³/mol. The zero-order valence-electron chi connectivity index (χ0n) is 14.9. The molecule has 150 valence electrons. The molecule has 1 aliphatic rings. The van der Waals surface area contributed by atoms with Crippen LogP contribution in [-0.4, -0.2) is 75.8 Å². The molecule has 2 amide bonds. The van der Waals surface area contributed by atoms with Crippen molar-refractivity contribution in [3.05, 3.63) is 24.3 Å². The van der Waals surface area contributed by atoms with Gasteiger partial charge >= 0.3 is 11.8 Å². The van der Waals surface area contributed by atoms with E-state index in [1.54, 1.807) is 12.1 Å². The van der Waals surface area contributed by atoms with Gasteiger partial charge in [0.1, 0.15) is 12.0 Å². The van der Waals surface area contributed by atoms with E-state index in [0.29, 0.717) is 18.8 Å². The molecule has 1 saturated heterocycles. The quantitative estimate of drug-likeness (QED) is 0.481. The number of hydrogen-bond donors (Lipinski definition) is 3. The fourth-order valence-electron chi connectivity index (χ4n) is 2.50. The van der Waals surface area contributed by atoms with E-state index >= 15 is 0 Å². The standard InChI is InChI=1S/C16H23N3O7S/c1-25-12-3-5-13(6-4-12)27(23,24)19-8-2-10-26-14(19)11-18-16(22)15(21)17-7-9-20/h3-6,14,20H,2,7-11H2,1H3,(H,17,21)(H,18,22)/t14-/m0/s1. The molecular formula is C16H23N3O7S. The van der Waals surface area contributed by atoms with Crippen LogP contribution in [0.4, 0.5) is 0 Å². The highest BCUT2D eigenvalue weighted by Gasteiger charge is 2.34. The molecule has 1 fully saturated rings. The van der Waals surface area contributed by atoms with E-state index in [4.69, 9.17) is 14.6 Å². The molecule has 0 aliphatic carbocycles. The van der Waals surface area contributed by atoms with Gasteiger partial charge in [0, 0.05) is 13.1 Å². The third kappa shape index (κ3) is 5.39. The lowest BCUT2D eigenvalue weighted by molar-refractivity contribution is -0.140. The average Bonchev–Trinajstić information content (AvgIpc) is 2.70. The summed E-state index contributed by atoms with van der Waals surface area (Å²) in [5.74, 6) is -1.31. The van der Waals surface area contributed by atoms with Crippen LogP contribution in [0.15, 0.2) is 29.2 Å². The summed E-state index contributed by atoms with van der Waals surface area (Å²) < 4.78 is 37.5. The first-order valence-electron chi connectivity index (χ1n) is 8.34. The Morgan fingerprint density at radius 1 is 1.26 bits per heavy atom. The van der Waals surface area contributed by atoms with Crippen LogP contribution in [-0.2, 0) is 24.3 Å². The number of ether oxygens (including phenoxy) is 2. The van der Waals surface area contributed by atoms with Crippen molar-refractivity contribution in [1.82, 2.24) is 14.9 Å². The number of carbonyl (C=O) groups excluding carboxylic acids is 2. The van der Waals surface area contributed by atoms with Crippen LogP contribution in [0.1, 0.15) is 6.42 Å². The molecule has 0 unspecified atom stereocenters. The van der Waals surface area contributed by atoms with Crippen LogP contribution in [0.25, 0.3) is 0 Å². The molecular weight excluding hydrogens is 378 g/mol. The summed E-state index contributed by atoms with van der Waals surface area (Å²) in [7, 11) is -2.37. The molecule has 1 aromatic carbocycles. The third-order valence-electron chi connectivity index (χ3n) is 3.86. The fraction of sp³-hybridized carbons (Fsp3) is 0.500. The summed E-state index contributed by atoms with van der Waals surface area (Å²) in [6.07, 6.45) is -0.419. The topological polar surface area (TPSA) is 134 Å². The molecule has 1 heterocycles. The van der Waals surface area contributed by atoms with Crippen LogP contribution < -0.4 is 15.4 Å². The van der Waals surface area contributed by atoms with Crippen molar-refractivity contribution in [2.75, 3.05) is 40.0 Å². The van der Waals surface area contributed by atoms with Crippen molar-refractivity contribution in [2.45, 2.75) is 17.5 Å². The molecule has 0 saturated carbocycles. The van der Waals surface area contributed by atoms with Gasteiger partial charge in [-0.1, -0.05) is 0 Å². The molecule has 0 radical (unpaired) electrons. The first-order chi connectivity index (χ1) is 12.9. The van der Waals surface area contributed by atoms with Gasteiger partial charge in [-0.3, -0.25) is 9.59 Å². The number of aliphatic hydroxyl groups excluding tert-OH is 1. The van der Waals surface area contributed by atoms with Crippen LogP contribution in [0, 0.1) is 0 Å². The first-order valence-corrected chi connectivity index (χ1v) is 9.78. The van der Waals surface area contributed by atoms with Gasteiger partial charge in [-0.2, -0.15) is 4.31 Å². The molecule has 1 aliphatic heterocycles. The second kappa shape index (κ2) is 9.65. The molecule has 1 aromatic rings. The number of amides is 2. The number of sulfonamides is 1. The van der Waals surface area contributed by atoms with Crippen molar-refractivity contribution in [3.8, 4) is 5.75 Å². The minimum atomic E-state index is -3.85. The Morgan fingerprint density at radius 3 is 2.56 bits per heavy atom. The minimum Gasteiger partial charge on any atom is -0.497 e. The first kappa shape index (κ1) is 21.1. The summed E-state index contributed by atoms with van der Waals surface area (Å²) in [4.78, 5) is 23.3. The third-order valence-corrected chi connectivity index (χ3v) is 5.76. The summed E-state index contributed by atoms with van der Waals surface area (Å²) in [5, 5.41) is 13.2. The maximum absolute atomic E-state index is 12.9. The van der Waals surface area contributed by atoms with Gasteiger partial charge in [-0.05, 0) is 30.7 Å². The van der Waals surface area contributed by atoms with Crippen LogP contribution >= 0.6 is 0 Å². The highest BCUT2D eigenvalue weighted by molar-refractivity contribution is 7.89. The van der Waals surface area contributed by atoms with Crippen molar-refractivity contribution < 1.29 is 32.6 Å². The monoisotopic (exact) mass is 401 g/mol. The zero-order valence-corrected chi connectivity index (χ0v) is 15.7. The second-order valence-corrected chi connectivity index (χ2v) is 7.55. The Morgan fingerprint density at radius 2 is 1.93 bits per heavy atom. The lowest BCUT2D eigenvalue weighted by Crippen LogP contribution is -2.53. The minimum absolute atomic E-state index is 0.0514. The molecule has 27 heavy (non-hydrogen) atoms. The van der Waals surface area contributed by atoms with E-state index < -0.39 is 28.1 Å². The highest BCUT2D eigenvalue weighted by atomic mass is 32.2. The Hall–Kier alpha value is -2.21. The van der Waals surface area contributed by atoms with Gasteiger partial charge in [-0.25, -0.2) is 8.42 Å². The second-order valence-electron chi connectivity index (χ2n) is 5.66. The van der Waals surface area contributed by atoms with Crippen LogP contribution in [0.2, 0.25) is 0 Å². The van der Waals surface area contributed by atoms with Crippen molar-refractivity contribution in [2.24, 2.45) is 0 Å². The molecule has 11 heteroatoms. The number of rotatable bonds is 7. The number of methoxy groups -OCH3 is 1. The van der Waals surface area contributed by atoms with Gasteiger partial charge in [0.05, 0.1) is 31.8 Å². The van der Waals surface area contributed by atoms with E-state index in [1.807, 2.05) is 0 Å². The summed E-state index contributed by atoms with van der Waals surface area (Å²) in [5.41, 5.74) is 0. The van der Waals surface area contributed by atoms with Crippen LogP contribution in [0.3, 0.4) is 0 Å². The van der Waals surface area contributed by atoms with Gasteiger partial charge in [0.25, 0.3) is 0 Å². The molecule has 0 bridgehead atoms. The predicted octanol–water partition coefficient (Wildman–Crippen LogP) is -1.34. The van der Waals surface area contributed by atoms with Crippen molar-refractivity contribution in [1.29, 1.82) is 0 Å². The molecule has 3 N–H and O–H groups in total. The van der Waals surface area contributed by atoms with E-state index in [2.05, 4.69) is 10.6 Å². The number of aliphatic hydroxyl groups is 1. The summed E-state index contributed by atoms with van der Waals surface area (Å²) >= 11 is 0. The van der Waals surface area contributed by atoms with Crippen molar-refractivity contribution in [3.63, 3.8) is 0 Å². The fourth-order valence-corrected chi connectivity index (χ4v) is 4.06. The summed E-state index contributed by atoms with van der Waals surface area (Å²) in [6, 6.07) is 5.95. The Balaban J connectivity index is 2.07. The maximum atomic E-state index is 12.9. The normalized spacial score (nSPS) is 17.9. The molecule has 0 spiro atoms. The number of carbonyl (C=O) groups is 2. The van der Waals surface area contributed by atoms with E-state index in [-0.39, 0.29) is 31.1 Å². The van der Waals surface area contributed by atoms with Gasteiger partial charge in [-0.15, -0.1) is 0 Å². The maximum Gasteiger partial charge on any atom is 0.309 e. The van der Waals surface area contributed by atoms with E-state index in [0.717, 1.165) is 4.31 Å². The lowest BCUT2D eigenvalue weighted by atomic mass is 10.3. The number of benzene rings is 1. The Bertz CT molecular complexity index is 752. The van der Waals surface area contributed by atoms with Crippen LogP contribution in [0.5, 0.6) is 5.75 Å². The molecule has 0 aromatic heterocycles. The number of nitrogens with one attached hydrogen (secondary N) is 2. The largest absolute Gasteiger partial charge is 0.497 e. The number of hydrogen-bond acceptors (Lipinski definition) is 7. The Labute approximate surface area is 157 Å².